The predicted molar refractivity (Wildman–Crippen MR) is 95.6 cm³/mol. The molecule has 128 valence electrons. The summed E-state index contributed by atoms with van der Waals surface area (Å²) in [5, 5.41) is 5.03. The summed E-state index contributed by atoms with van der Waals surface area (Å²) < 4.78 is 1.76. The lowest BCUT2D eigenvalue weighted by Crippen LogP contribution is -2.45. The number of amides is 1. The maximum absolute atomic E-state index is 12.9. The van der Waals surface area contributed by atoms with Gasteiger partial charge in [-0.1, -0.05) is 17.7 Å². The molecule has 1 aromatic heterocycles. The number of rotatable bonds is 3. The Labute approximate surface area is 147 Å². The number of nitrogens with zero attached hydrogens (tertiary/aromatic N) is 3. The van der Waals surface area contributed by atoms with E-state index in [4.69, 9.17) is 17.3 Å². The zero-order valence-corrected chi connectivity index (χ0v) is 14.8. The number of aromatic nitrogens is 2. The van der Waals surface area contributed by atoms with Gasteiger partial charge in [-0.05, 0) is 50.8 Å². The van der Waals surface area contributed by atoms with Crippen LogP contribution in [0.15, 0.2) is 30.5 Å². The number of halogens is 1. The Morgan fingerprint density at radius 2 is 2.25 bits per heavy atom. The van der Waals surface area contributed by atoms with Gasteiger partial charge >= 0.3 is 0 Å². The quantitative estimate of drug-likeness (QED) is 0.929. The van der Waals surface area contributed by atoms with Gasteiger partial charge < -0.3 is 10.6 Å². The summed E-state index contributed by atoms with van der Waals surface area (Å²) in [5.74, 6) is 0.400. The third-order valence-corrected chi connectivity index (χ3v) is 5.02. The van der Waals surface area contributed by atoms with Gasteiger partial charge in [-0.3, -0.25) is 4.79 Å². The average Bonchev–Trinajstić information content (AvgIpc) is 2.96. The Bertz CT molecular complexity index is 740. The number of benzene rings is 1. The summed E-state index contributed by atoms with van der Waals surface area (Å²) in [6, 6.07) is 7.56. The zero-order valence-electron chi connectivity index (χ0n) is 14.1. The van der Waals surface area contributed by atoms with Crippen molar-refractivity contribution < 1.29 is 4.79 Å². The van der Waals surface area contributed by atoms with Crippen LogP contribution >= 0.6 is 11.6 Å². The van der Waals surface area contributed by atoms with Crippen molar-refractivity contribution in [3.8, 4) is 5.69 Å². The highest BCUT2D eigenvalue weighted by molar-refractivity contribution is 6.30. The molecule has 0 saturated carbocycles. The Kier molecular flexibility index (Phi) is 4.92. The van der Waals surface area contributed by atoms with Crippen molar-refractivity contribution >= 4 is 17.5 Å². The van der Waals surface area contributed by atoms with Gasteiger partial charge in [0.05, 0.1) is 23.1 Å². The molecule has 1 aromatic carbocycles. The van der Waals surface area contributed by atoms with E-state index in [-0.39, 0.29) is 11.9 Å². The molecule has 2 heterocycles. The predicted octanol–water partition coefficient (Wildman–Crippen LogP) is 3.03. The van der Waals surface area contributed by atoms with Crippen molar-refractivity contribution in [2.45, 2.75) is 32.7 Å². The Morgan fingerprint density at radius 1 is 1.46 bits per heavy atom. The van der Waals surface area contributed by atoms with Gasteiger partial charge in [0.1, 0.15) is 0 Å². The van der Waals surface area contributed by atoms with Crippen molar-refractivity contribution in [3.05, 3.63) is 46.7 Å². The molecule has 2 atom stereocenters. The SMILES string of the molecule is Cc1c(C(=O)N2CCC[C@@H]([C@H](C)N)C2)cnn1-c1cccc(Cl)c1. The van der Waals surface area contributed by atoms with Gasteiger partial charge in [-0.25, -0.2) is 4.68 Å². The number of hydrogen-bond acceptors (Lipinski definition) is 3. The van der Waals surface area contributed by atoms with E-state index in [1.807, 2.05) is 43.0 Å². The minimum atomic E-state index is 0.0335. The molecular formula is C18H23ClN4O. The molecule has 3 rings (SSSR count). The summed E-state index contributed by atoms with van der Waals surface area (Å²) in [5.41, 5.74) is 8.34. The van der Waals surface area contributed by atoms with E-state index in [9.17, 15) is 4.79 Å². The summed E-state index contributed by atoms with van der Waals surface area (Å²) in [6.07, 6.45) is 3.73. The number of hydrogen-bond donors (Lipinski definition) is 1. The zero-order chi connectivity index (χ0) is 17.3. The Hall–Kier alpha value is -1.85. The fraction of sp³-hybridized carbons (Fsp3) is 0.444. The molecule has 0 unspecified atom stereocenters. The van der Waals surface area contributed by atoms with E-state index >= 15 is 0 Å². The normalized spacial score (nSPS) is 19.3. The van der Waals surface area contributed by atoms with Gasteiger partial charge in [0.25, 0.3) is 5.91 Å². The van der Waals surface area contributed by atoms with E-state index in [1.165, 1.54) is 0 Å². The molecule has 1 aliphatic heterocycles. The van der Waals surface area contributed by atoms with Crippen molar-refractivity contribution in [2.24, 2.45) is 11.7 Å². The third-order valence-electron chi connectivity index (χ3n) is 4.78. The number of likely N-dealkylation sites (tertiary alicyclic amines) is 1. The average molecular weight is 347 g/mol. The first-order chi connectivity index (χ1) is 11.5. The number of carbonyl (C=O) groups excluding carboxylic acids is 1. The van der Waals surface area contributed by atoms with E-state index < -0.39 is 0 Å². The van der Waals surface area contributed by atoms with Crippen LogP contribution in [-0.4, -0.2) is 39.7 Å². The lowest BCUT2D eigenvalue weighted by Gasteiger charge is -2.34. The molecule has 2 aromatic rings. The maximum Gasteiger partial charge on any atom is 0.257 e. The fourth-order valence-electron chi connectivity index (χ4n) is 3.28. The van der Waals surface area contributed by atoms with Crippen LogP contribution in [0.25, 0.3) is 5.69 Å². The van der Waals surface area contributed by atoms with Crippen molar-refractivity contribution in [1.82, 2.24) is 14.7 Å². The summed E-state index contributed by atoms with van der Waals surface area (Å²) in [7, 11) is 0. The molecule has 0 aliphatic carbocycles. The van der Waals surface area contributed by atoms with Crippen LogP contribution in [0.3, 0.4) is 0 Å². The fourth-order valence-corrected chi connectivity index (χ4v) is 3.47. The lowest BCUT2D eigenvalue weighted by atomic mass is 9.92. The van der Waals surface area contributed by atoms with Crippen LogP contribution in [0.5, 0.6) is 0 Å². The molecule has 1 aliphatic rings. The molecule has 0 bridgehead atoms. The van der Waals surface area contributed by atoms with Crippen LogP contribution in [0, 0.1) is 12.8 Å². The molecular weight excluding hydrogens is 324 g/mol. The van der Waals surface area contributed by atoms with E-state index in [1.54, 1.807) is 10.9 Å². The second kappa shape index (κ2) is 6.95. The summed E-state index contributed by atoms with van der Waals surface area (Å²) in [6.45, 7) is 5.43. The van der Waals surface area contributed by atoms with Gasteiger partial charge in [-0.2, -0.15) is 5.10 Å². The minimum absolute atomic E-state index is 0.0335. The second-order valence-electron chi connectivity index (χ2n) is 6.55. The second-order valence-corrected chi connectivity index (χ2v) is 6.98. The first-order valence-electron chi connectivity index (χ1n) is 8.33. The molecule has 0 spiro atoms. The third kappa shape index (κ3) is 3.32. The molecule has 2 N–H and O–H groups in total. The Morgan fingerprint density at radius 3 is 2.96 bits per heavy atom. The summed E-state index contributed by atoms with van der Waals surface area (Å²) >= 11 is 6.06. The lowest BCUT2D eigenvalue weighted by molar-refractivity contribution is 0.0660. The van der Waals surface area contributed by atoms with Gasteiger partial charge in [-0.15, -0.1) is 0 Å². The van der Waals surface area contributed by atoms with Crippen LogP contribution in [-0.2, 0) is 0 Å². The topological polar surface area (TPSA) is 64.2 Å². The van der Waals surface area contributed by atoms with Crippen molar-refractivity contribution in [1.29, 1.82) is 0 Å². The first kappa shape index (κ1) is 17.0. The number of piperidine rings is 1. The van der Waals surface area contributed by atoms with Crippen LogP contribution in [0.2, 0.25) is 5.02 Å². The smallest absolute Gasteiger partial charge is 0.257 e. The van der Waals surface area contributed by atoms with Crippen molar-refractivity contribution in [3.63, 3.8) is 0 Å². The highest BCUT2D eigenvalue weighted by Crippen LogP contribution is 2.23. The molecule has 1 saturated heterocycles. The molecule has 1 amide bonds. The highest BCUT2D eigenvalue weighted by Gasteiger charge is 2.28. The van der Waals surface area contributed by atoms with E-state index in [0.29, 0.717) is 16.5 Å². The number of carbonyl (C=O) groups is 1. The standard InChI is InChI=1S/C18H23ClN4O/c1-12(20)14-5-4-8-22(11-14)18(24)17-10-21-23(13(17)2)16-7-3-6-15(19)9-16/h3,6-7,9-10,12,14H,4-5,8,11,20H2,1-2H3/t12-,14+/m0/s1. The van der Waals surface area contributed by atoms with Gasteiger partial charge in [0.15, 0.2) is 0 Å². The minimum Gasteiger partial charge on any atom is -0.338 e. The largest absolute Gasteiger partial charge is 0.338 e. The van der Waals surface area contributed by atoms with Crippen LogP contribution < -0.4 is 5.73 Å². The van der Waals surface area contributed by atoms with Crippen LogP contribution in [0.4, 0.5) is 0 Å². The van der Waals surface area contributed by atoms with Gasteiger partial charge in [0, 0.05) is 24.2 Å². The highest BCUT2D eigenvalue weighted by atomic mass is 35.5. The first-order valence-corrected chi connectivity index (χ1v) is 8.70. The number of nitrogens with two attached hydrogens (primary N) is 1. The summed E-state index contributed by atoms with van der Waals surface area (Å²) in [4.78, 5) is 14.8. The van der Waals surface area contributed by atoms with Crippen molar-refractivity contribution in [2.75, 3.05) is 13.1 Å². The van der Waals surface area contributed by atoms with Gasteiger partial charge in [0.2, 0.25) is 0 Å². The van der Waals surface area contributed by atoms with E-state index in [2.05, 4.69) is 5.10 Å². The molecule has 1 fully saturated rings. The Balaban J connectivity index is 1.84. The van der Waals surface area contributed by atoms with E-state index in [0.717, 1.165) is 37.3 Å². The van der Waals surface area contributed by atoms with Crippen LogP contribution in [0.1, 0.15) is 35.8 Å². The molecule has 6 heteroatoms. The maximum atomic E-state index is 12.9. The monoisotopic (exact) mass is 346 g/mol. The molecule has 24 heavy (non-hydrogen) atoms. The molecule has 0 radical (unpaired) electrons. The molecule has 5 nitrogen and oxygen atoms in total.